The molecule has 6 heteroatoms. The molecule has 1 aromatic heterocycles. The molecule has 0 unspecified atom stereocenters. The van der Waals surface area contributed by atoms with Gasteiger partial charge in [-0.05, 0) is 49.2 Å². The van der Waals surface area contributed by atoms with Crippen LogP contribution >= 0.6 is 0 Å². The van der Waals surface area contributed by atoms with Gasteiger partial charge in [0.15, 0.2) is 0 Å². The molecule has 0 fully saturated rings. The summed E-state index contributed by atoms with van der Waals surface area (Å²) in [5.74, 6) is 0.362. The predicted molar refractivity (Wildman–Crippen MR) is 124 cm³/mol. The molecule has 0 amide bonds. The Bertz CT molecular complexity index is 1220. The van der Waals surface area contributed by atoms with Crippen molar-refractivity contribution >= 4 is 11.9 Å². The van der Waals surface area contributed by atoms with Crippen LogP contribution in [0.25, 0.3) is 5.88 Å². The third kappa shape index (κ3) is 4.68. The van der Waals surface area contributed by atoms with Crippen molar-refractivity contribution in [2.24, 2.45) is 0 Å². The second-order valence-corrected chi connectivity index (χ2v) is 7.49. The molecule has 2 heterocycles. The number of esters is 1. The van der Waals surface area contributed by atoms with Crippen LogP contribution < -0.4 is 4.74 Å². The van der Waals surface area contributed by atoms with Crippen LogP contribution in [-0.4, -0.2) is 17.1 Å². The molecule has 0 radical (unpaired) electrons. The lowest BCUT2D eigenvalue weighted by Gasteiger charge is -2.28. The summed E-state index contributed by atoms with van der Waals surface area (Å²) in [7, 11) is 0. The van der Waals surface area contributed by atoms with E-state index in [1.165, 1.54) is 0 Å². The maximum absolute atomic E-state index is 12.8. The van der Waals surface area contributed by atoms with E-state index in [4.69, 9.17) is 14.2 Å². The van der Waals surface area contributed by atoms with Gasteiger partial charge in [-0.15, -0.1) is 0 Å². The number of aromatic nitrogens is 1. The Balaban J connectivity index is 1.69. The standard InChI is InChI=1S/C27H24N2O4/c1-3-31-27(30)24-19(2)33-26(29-15-7-8-16-29)23(17-28)25(24)21-11-13-22(14-12-21)32-18-20-9-5-4-6-10-20/h4-16,25H,3,18H2,1-2H3/t25-/m1/s1. The van der Waals surface area contributed by atoms with Gasteiger partial charge in [0.2, 0.25) is 5.88 Å². The van der Waals surface area contributed by atoms with E-state index in [1.54, 1.807) is 30.8 Å². The summed E-state index contributed by atoms with van der Waals surface area (Å²) in [4.78, 5) is 12.8. The topological polar surface area (TPSA) is 73.5 Å². The van der Waals surface area contributed by atoms with Gasteiger partial charge in [-0.3, -0.25) is 4.57 Å². The van der Waals surface area contributed by atoms with Crippen LogP contribution in [0.15, 0.2) is 96.0 Å². The molecule has 0 saturated heterocycles. The molecule has 3 aromatic rings. The Hall–Kier alpha value is -4.24. The van der Waals surface area contributed by atoms with Crippen LogP contribution in [0.5, 0.6) is 5.75 Å². The minimum atomic E-state index is -0.622. The average molecular weight is 440 g/mol. The zero-order valence-corrected chi connectivity index (χ0v) is 18.5. The van der Waals surface area contributed by atoms with Gasteiger partial charge in [0.1, 0.15) is 29.8 Å². The molecule has 0 saturated carbocycles. The summed E-state index contributed by atoms with van der Waals surface area (Å²) in [6.45, 7) is 4.14. The maximum Gasteiger partial charge on any atom is 0.338 e. The molecule has 6 nitrogen and oxygen atoms in total. The number of allylic oxidation sites excluding steroid dienone is 2. The number of hydrogen-bond donors (Lipinski definition) is 0. The van der Waals surface area contributed by atoms with Crippen molar-refractivity contribution in [1.29, 1.82) is 5.26 Å². The Morgan fingerprint density at radius 3 is 2.39 bits per heavy atom. The molecule has 0 N–H and O–H groups in total. The third-order valence-electron chi connectivity index (χ3n) is 5.35. The van der Waals surface area contributed by atoms with E-state index in [9.17, 15) is 10.1 Å². The predicted octanol–water partition coefficient (Wildman–Crippen LogP) is 5.41. The van der Waals surface area contributed by atoms with Gasteiger partial charge in [0.05, 0.1) is 18.1 Å². The summed E-state index contributed by atoms with van der Waals surface area (Å²) in [5.41, 5.74) is 2.49. The number of ether oxygens (including phenoxy) is 3. The van der Waals surface area contributed by atoms with Crippen LogP contribution in [0.3, 0.4) is 0 Å². The number of carbonyl (C=O) groups is 1. The first-order valence-corrected chi connectivity index (χ1v) is 10.7. The molecular weight excluding hydrogens is 416 g/mol. The van der Waals surface area contributed by atoms with Gasteiger partial charge < -0.3 is 14.2 Å². The monoisotopic (exact) mass is 440 g/mol. The number of rotatable bonds is 7. The van der Waals surface area contributed by atoms with Crippen LogP contribution in [0, 0.1) is 11.3 Å². The van der Waals surface area contributed by atoms with Crippen molar-refractivity contribution in [3.05, 3.63) is 107 Å². The van der Waals surface area contributed by atoms with E-state index < -0.39 is 11.9 Å². The summed E-state index contributed by atoms with van der Waals surface area (Å²) in [6, 6.07) is 23.3. The molecule has 1 aliphatic rings. The van der Waals surface area contributed by atoms with Gasteiger partial charge in [-0.1, -0.05) is 42.5 Å². The van der Waals surface area contributed by atoms with E-state index in [0.29, 0.717) is 35.1 Å². The van der Waals surface area contributed by atoms with Crippen molar-refractivity contribution in [2.75, 3.05) is 6.61 Å². The number of benzene rings is 2. The quantitative estimate of drug-likeness (QED) is 0.459. The van der Waals surface area contributed by atoms with Crippen LogP contribution in [-0.2, 0) is 20.9 Å². The number of hydrogen-bond acceptors (Lipinski definition) is 5. The number of nitrogens with zero attached hydrogens (tertiary/aromatic N) is 2. The highest BCUT2D eigenvalue weighted by molar-refractivity contribution is 5.93. The lowest BCUT2D eigenvalue weighted by molar-refractivity contribution is -0.139. The molecule has 0 bridgehead atoms. The molecular formula is C27H24N2O4. The normalized spacial score (nSPS) is 15.6. The lowest BCUT2D eigenvalue weighted by atomic mass is 9.83. The molecule has 1 aliphatic heterocycles. The van der Waals surface area contributed by atoms with E-state index in [1.807, 2.05) is 66.7 Å². The van der Waals surface area contributed by atoms with E-state index >= 15 is 0 Å². The highest BCUT2D eigenvalue weighted by Gasteiger charge is 2.37. The highest BCUT2D eigenvalue weighted by Crippen LogP contribution is 2.42. The fourth-order valence-electron chi connectivity index (χ4n) is 3.80. The van der Waals surface area contributed by atoms with Crippen LogP contribution in [0.1, 0.15) is 30.9 Å². The van der Waals surface area contributed by atoms with Gasteiger partial charge in [-0.25, -0.2) is 4.79 Å². The van der Waals surface area contributed by atoms with Crippen molar-refractivity contribution < 1.29 is 19.0 Å². The van der Waals surface area contributed by atoms with Crippen molar-refractivity contribution in [2.45, 2.75) is 26.4 Å². The fourth-order valence-corrected chi connectivity index (χ4v) is 3.80. The molecule has 33 heavy (non-hydrogen) atoms. The van der Waals surface area contributed by atoms with Crippen molar-refractivity contribution in [3.63, 3.8) is 0 Å². The van der Waals surface area contributed by atoms with Gasteiger partial charge in [-0.2, -0.15) is 5.26 Å². The first-order chi connectivity index (χ1) is 16.1. The molecule has 166 valence electrons. The molecule has 0 spiro atoms. The Kier molecular flexibility index (Phi) is 6.61. The number of carbonyl (C=O) groups excluding carboxylic acids is 1. The number of nitriles is 1. The minimum Gasteiger partial charge on any atom is -0.489 e. The summed E-state index contributed by atoms with van der Waals surface area (Å²) in [5, 5.41) is 10.1. The SMILES string of the molecule is CCOC(=O)C1=C(C)OC(n2cccc2)=C(C#N)[C@H]1c1ccc(OCc2ccccc2)cc1. The second-order valence-electron chi connectivity index (χ2n) is 7.49. The summed E-state index contributed by atoms with van der Waals surface area (Å²) in [6.07, 6.45) is 3.60. The van der Waals surface area contributed by atoms with Crippen LogP contribution in [0.2, 0.25) is 0 Å². The Morgan fingerprint density at radius 1 is 1.06 bits per heavy atom. The Labute approximate surface area is 192 Å². The smallest absolute Gasteiger partial charge is 0.338 e. The van der Waals surface area contributed by atoms with E-state index in [2.05, 4.69) is 6.07 Å². The molecule has 2 aromatic carbocycles. The first-order valence-electron chi connectivity index (χ1n) is 10.7. The maximum atomic E-state index is 12.8. The highest BCUT2D eigenvalue weighted by atomic mass is 16.5. The summed E-state index contributed by atoms with van der Waals surface area (Å²) < 4.78 is 18.9. The van der Waals surface area contributed by atoms with Gasteiger partial charge >= 0.3 is 5.97 Å². The zero-order valence-electron chi connectivity index (χ0n) is 18.5. The lowest BCUT2D eigenvalue weighted by Crippen LogP contribution is -2.24. The zero-order chi connectivity index (χ0) is 23.2. The van der Waals surface area contributed by atoms with E-state index in [0.717, 1.165) is 11.1 Å². The largest absolute Gasteiger partial charge is 0.489 e. The summed E-state index contributed by atoms with van der Waals surface area (Å²) >= 11 is 0. The van der Waals surface area contributed by atoms with Gasteiger partial charge in [0.25, 0.3) is 0 Å². The van der Waals surface area contributed by atoms with Gasteiger partial charge in [0, 0.05) is 12.4 Å². The van der Waals surface area contributed by atoms with E-state index in [-0.39, 0.29) is 6.61 Å². The third-order valence-corrected chi connectivity index (χ3v) is 5.35. The molecule has 4 rings (SSSR count). The Morgan fingerprint density at radius 2 is 1.76 bits per heavy atom. The molecule has 1 atom stereocenters. The first kappa shape index (κ1) is 22.0. The second kappa shape index (κ2) is 9.92. The minimum absolute atomic E-state index is 0.227. The molecule has 0 aliphatic carbocycles. The van der Waals surface area contributed by atoms with Crippen molar-refractivity contribution in [1.82, 2.24) is 4.57 Å². The average Bonchev–Trinajstić information content (AvgIpc) is 3.38. The fraction of sp³-hybridized carbons (Fsp3) is 0.185. The van der Waals surface area contributed by atoms with Crippen molar-refractivity contribution in [3.8, 4) is 11.8 Å². The van der Waals surface area contributed by atoms with Crippen LogP contribution in [0.4, 0.5) is 0 Å².